The Bertz CT molecular complexity index is 2010. The van der Waals surface area contributed by atoms with Crippen molar-refractivity contribution in [2.45, 2.75) is 32.4 Å². The maximum absolute atomic E-state index is 13.7. The van der Waals surface area contributed by atoms with E-state index in [1.807, 2.05) is 110 Å². The van der Waals surface area contributed by atoms with Crippen LogP contribution in [0.1, 0.15) is 34.0 Å². The number of H-pyrrole nitrogens is 1. The molecule has 0 spiro atoms. The summed E-state index contributed by atoms with van der Waals surface area (Å²) in [5.74, 6) is 1.32. The van der Waals surface area contributed by atoms with E-state index in [2.05, 4.69) is 21.7 Å². The van der Waals surface area contributed by atoms with Gasteiger partial charge in [0.05, 0.1) is 20.3 Å². The number of anilines is 5. The minimum atomic E-state index is -0.737. The maximum Gasteiger partial charge on any atom is 0.328 e. The molecule has 0 unspecified atom stereocenters. The number of carbonyl (C=O) groups is 1. The van der Waals surface area contributed by atoms with Crippen molar-refractivity contribution in [3.8, 4) is 5.75 Å². The molecular weight excluding hydrogens is 590 g/mol. The van der Waals surface area contributed by atoms with Gasteiger partial charge in [-0.25, -0.2) is 4.79 Å². The average molecular weight is 626 g/mol. The van der Waals surface area contributed by atoms with Crippen LogP contribution in [0.2, 0.25) is 0 Å². The van der Waals surface area contributed by atoms with Gasteiger partial charge in [0.15, 0.2) is 0 Å². The predicted molar refractivity (Wildman–Crippen MR) is 184 cm³/mol. The molecule has 4 aromatic carbocycles. The molecule has 2 aromatic heterocycles. The van der Waals surface area contributed by atoms with Crippen molar-refractivity contribution in [2.24, 2.45) is 0 Å². The highest BCUT2D eigenvalue weighted by atomic mass is 16.5. The van der Waals surface area contributed by atoms with Crippen LogP contribution < -0.4 is 20.3 Å². The van der Waals surface area contributed by atoms with Crippen molar-refractivity contribution in [3.63, 3.8) is 0 Å². The molecule has 2 atom stereocenters. The molecule has 10 nitrogen and oxygen atoms in total. The summed E-state index contributed by atoms with van der Waals surface area (Å²) in [6.07, 6.45) is 0.394. The van der Waals surface area contributed by atoms with Crippen LogP contribution in [0.15, 0.2) is 97.1 Å². The highest BCUT2D eigenvalue weighted by Crippen LogP contribution is 2.43. The van der Waals surface area contributed by atoms with Crippen LogP contribution in [-0.4, -0.2) is 46.2 Å². The fraction of sp³-hybridized carbons (Fsp3) is 0.189. The number of para-hydroxylation sites is 3. The monoisotopic (exact) mass is 625 g/mol. The highest BCUT2D eigenvalue weighted by Gasteiger charge is 2.43. The summed E-state index contributed by atoms with van der Waals surface area (Å²) in [6, 6.07) is 30.6. The first-order chi connectivity index (χ1) is 22.9. The Labute approximate surface area is 272 Å². The number of fused-ring (bicyclic) bond motifs is 3. The number of methoxy groups -OCH3 is 2. The van der Waals surface area contributed by atoms with Crippen LogP contribution in [0.4, 0.5) is 29.2 Å². The fourth-order valence-electron chi connectivity index (χ4n) is 6.25. The first-order valence-corrected chi connectivity index (χ1v) is 15.4. The standard InChI is InChI=1S/C37H35N7O3/c1-22-11-5-8-14-28(22)39-35-41-36(40-29-15-9-6-12-23(29)2)43-37(42-35)44-31(34(45)47-4)21-27-26-13-7-10-16-30(26)38-32(27)33(44)24-17-19-25(46-3)20-18-24/h5-20,31,33,38H,21H2,1-4H3,(H2,39,40,41,42,43)/t31-,33+/m0/s1. The molecule has 1 aliphatic rings. The lowest BCUT2D eigenvalue weighted by Crippen LogP contribution is -2.50. The second-order valence-electron chi connectivity index (χ2n) is 11.6. The summed E-state index contributed by atoms with van der Waals surface area (Å²) in [4.78, 5) is 34.1. The lowest BCUT2D eigenvalue weighted by Gasteiger charge is -2.41. The lowest BCUT2D eigenvalue weighted by molar-refractivity contribution is -0.142. The highest BCUT2D eigenvalue weighted by molar-refractivity contribution is 5.89. The average Bonchev–Trinajstić information content (AvgIpc) is 3.47. The molecule has 0 bridgehead atoms. The summed E-state index contributed by atoms with van der Waals surface area (Å²) in [6.45, 7) is 4.04. The van der Waals surface area contributed by atoms with Crippen LogP contribution >= 0.6 is 0 Å². The smallest absolute Gasteiger partial charge is 0.328 e. The molecule has 7 rings (SSSR count). The molecule has 6 aromatic rings. The Kier molecular flexibility index (Phi) is 7.91. The minimum absolute atomic E-state index is 0.313. The van der Waals surface area contributed by atoms with Crippen LogP contribution in [-0.2, 0) is 16.0 Å². The summed E-state index contributed by atoms with van der Waals surface area (Å²) in [7, 11) is 3.05. The molecule has 0 saturated carbocycles. The molecule has 236 valence electrons. The maximum atomic E-state index is 13.7. The predicted octanol–water partition coefficient (Wildman–Crippen LogP) is 7.16. The van der Waals surface area contributed by atoms with Gasteiger partial charge in [0, 0.05) is 34.4 Å². The number of aromatic nitrogens is 4. The van der Waals surface area contributed by atoms with Gasteiger partial charge in [-0.1, -0.05) is 66.7 Å². The molecule has 10 heteroatoms. The van der Waals surface area contributed by atoms with E-state index in [-0.39, 0.29) is 5.97 Å². The number of rotatable bonds is 8. The van der Waals surface area contributed by atoms with Crippen molar-refractivity contribution in [1.82, 2.24) is 19.9 Å². The van der Waals surface area contributed by atoms with E-state index in [1.54, 1.807) is 7.11 Å². The summed E-state index contributed by atoms with van der Waals surface area (Å²) in [5, 5.41) is 7.85. The second-order valence-corrected chi connectivity index (χ2v) is 11.6. The van der Waals surface area contributed by atoms with Crippen molar-refractivity contribution < 1.29 is 14.3 Å². The Balaban J connectivity index is 1.45. The number of ether oxygens (including phenoxy) is 2. The van der Waals surface area contributed by atoms with E-state index in [1.165, 1.54) is 7.11 Å². The molecule has 0 fully saturated rings. The first kappa shape index (κ1) is 29.8. The third kappa shape index (κ3) is 5.69. The summed E-state index contributed by atoms with van der Waals surface area (Å²) < 4.78 is 10.9. The Morgan fingerprint density at radius 3 is 1.98 bits per heavy atom. The SMILES string of the molecule is COC(=O)[C@@H]1Cc2c([nH]c3ccccc23)[C@@H](c2ccc(OC)cc2)N1c1nc(Nc2ccccc2C)nc(Nc2ccccc2C)n1. The van der Waals surface area contributed by atoms with Gasteiger partial charge in [-0.05, 0) is 66.4 Å². The number of nitrogens with zero attached hydrogens (tertiary/aromatic N) is 4. The van der Waals surface area contributed by atoms with Gasteiger partial charge in [-0.3, -0.25) is 0 Å². The molecule has 0 amide bonds. The number of aryl methyl sites for hydroxylation is 2. The normalized spacial score (nSPS) is 15.6. The van der Waals surface area contributed by atoms with E-state index in [0.717, 1.165) is 56.0 Å². The molecule has 47 heavy (non-hydrogen) atoms. The first-order valence-electron chi connectivity index (χ1n) is 15.4. The lowest BCUT2D eigenvalue weighted by atomic mass is 9.88. The molecule has 0 radical (unpaired) electrons. The van der Waals surface area contributed by atoms with E-state index < -0.39 is 12.1 Å². The van der Waals surface area contributed by atoms with Crippen molar-refractivity contribution in [3.05, 3.63) is 125 Å². The Hall–Kier alpha value is -5.90. The van der Waals surface area contributed by atoms with Gasteiger partial charge in [-0.15, -0.1) is 0 Å². The van der Waals surface area contributed by atoms with E-state index in [9.17, 15) is 4.79 Å². The number of nitrogens with one attached hydrogen (secondary N) is 3. The molecule has 3 heterocycles. The zero-order valence-corrected chi connectivity index (χ0v) is 26.6. The van der Waals surface area contributed by atoms with Crippen LogP contribution in [0.5, 0.6) is 5.75 Å². The van der Waals surface area contributed by atoms with Gasteiger partial charge < -0.3 is 30.0 Å². The van der Waals surface area contributed by atoms with Crippen LogP contribution in [0, 0.1) is 13.8 Å². The number of hydrogen-bond acceptors (Lipinski definition) is 9. The quantitative estimate of drug-likeness (QED) is 0.152. The topological polar surface area (TPSA) is 117 Å². The van der Waals surface area contributed by atoms with Gasteiger partial charge in [0.1, 0.15) is 11.8 Å². The minimum Gasteiger partial charge on any atom is -0.497 e. The number of esters is 1. The number of carbonyl (C=O) groups excluding carboxylic acids is 1. The van der Waals surface area contributed by atoms with E-state index >= 15 is 0 Å². The van der Waals surface area contributed by atoms with Gasteiger partial charge in [0.25, 0.3) is 0 Å². The van der Waals surface area contributed by atoms with Crippen LogP contribution in [0.3, 0.4) is 0 Å². The van der Waals surface area contributed by atoms with Crippen LogP contribution in [0.25, 0.3) is 10.9 Å². The zero-order valence-electron chi connectivity index (χ0n) is 26.6. The fourth-order valence-corrected chi connectivity index (χ4v) is 6.25. The molecule has 0 aliphatic carbocycles. The van der Waals surface area contributed by atoms with Crippen molar-refractivity contribution >= 4 is 46.1 Å². The van der Waals surface area contributed by atoms with Gasteiger partial charge >= 0.3 is 5.97 Å². The molecule has 3 N–H and O–H groups in total. The third-order valence-electron chi connectivity index (χ3n) is 8.67. The number of benzene rings is 4. The largest absolute Gasteiger partial charge is 0.497 e. The number of aromatic amines is 1. The van der Waals surface area contributed by atoms with Gasteiger partial charge in [-0.2, -0.15) is 15.0 Å². The third-order valence-corrected chi connectivity index (χ3v) is 8.67. The second kappa shape index (κ2) is 12.5. The zero-order chi connectivity index (χ0) is 32.5. The number of hydrogen-bond donors (Lipinski definition) is 3. The molecular formula is C37H35N7O3. The van der Waals surface area contributed by atoms with Crippen molar-refractivity contribution in [1.29, 1.82) is 0 Å². The van der Waals surface area contributed by atoms with Crippen molar-refractivity contribution in [2.75, 3.05) is 29.8 Å². The Morgan fingerprint density at radius 2 is 1.38 bits per heavy atom. The Morgan fingerprint density at radius 1 is 0.787 bits per heavy atom. The van der Waals surface area contributed by atoms with E-state index in [0.29, 0.717) is 24.3 Å². The molecule has 0 saturated heterocycles. The summed E-state index contributed by atoms with van der Waals surface area (Å²) in [5.41, 5.74) is 7.71. The van der Waals surface area contributed by atoms with E-state index in [4.69, 9.17) is 24.4 Å². The summed E-state index contributed by atoms with van der Waals surface area (Å²) >= 11 is 0. The molecule has 1 aliphatic heterocycles. The van der Waals surface area contributed by atoms with Gasteiger partial charge in [0.2, 0.25) is 17.8 Å².